The molecule has 2 aromatic rings. The van der Waals surface area contributed by atoms with Crippen molar-refractivity contribution in [3.63, 3.8) is 0 Å². The Balaban J connectivity index is 0. The van der Waals surface area contributed by atoms with Crippen LogP contribution in [0.5, 0.6) is 11.5 Å². The summed E-state index contributed by atoms with van der Waals surface area (Å²) in [6.45, 7) is 8.29. The van der Waals surface area contributed by atoms with Gasteiger partial charge < -0.3 is 31.8 Å². The number of aromatic hydroxyl groups is 2. The number of rotatable bonds is 6. The molecule has 0 aromatic heterocycles. The van der Waals surface area contributed by atoms with Crippen LogP contribution in [-0.4, -0.2) is 64.6 Å². The lowest BCUT2D eigenvalue weighted by atomic mass is 9.98. The number of nitrogens with zero attached hydrogens (tertiary/aromatic N) is 1. The number of halogens is 3. The largest absolute Gasteiger partial charge is 0.508 e. The molecule has 0 aliphatic rings. The summed E-state index contributed by atoms with van der Waals surface area (Å²) in [5.41, 5.74) is 0.398. The standard InChI is InChI=1S/C20H21F3N4O3S.C4H11N.2H2O/c1-10(2)13-7-14(16(29)8-15(13)28)17(24)27(11-3-5-12(31)6-4-11)18(25)19(30)26-9-20(21,22)23;1-3-5-4-2;;/h3-8,10,24-25,28-29,31H,9H2,1-2H3,(H,26,30);5H,3-4H2,1-2H3;2*1H2. The zero-order valence-electron chi connectivity index (χ0n) is 21.5. The van der Waals surface area contributed by atoms with Crippen molar-refractivity contribution in [1.29, 1.82) is 10.8 Å². The molecule has 1 amide bonds. The average molecular weight is 564 g/mol. The Kier molecular flexibility index (Phi) is 16.0. The molecule has 0 radical (unpaired) electrons. The summed E-state index contributed by atoms with van der Waals surface area (Å²) in [4.78, 5) is 13.6. The first-order valence-electron chi connectivity index (χ1n) is 11.1. The van der Waals surface area contributed by atoms with Gasteiger partial charge in [-0.25, -0.2) is 0 Å². The van der Waals surface area contributed by atoms with Gasteiger partial charge in [-0.3, -0.25) is 20.5 Å². The van der Waals surface area contributed by atoms with E-state index in [1.165, 1.54) is 30.3 Å². The molecule has 0 aliphatic carbocycles. The highest BCUT2D eigenvalue weighted by molar-refractivity contribution is 7.80. The second-order valence-corrected chi connectivity index (χ2v) is 8.40. The predicted molar refractivity (Wildman–Crippen MR) is 145 cm³/mol. The van der Waals surface area contributed by atoms with Crippen LogP contribution in [0.4, 0.5) is 18.9 Å². The van der Waals surface area contributed by atoms with Crippen molar-refractivity contribution in [1.82, 2.24) is 10.6 Å². The predicted octanol–water partition coefficient (Wildman–Crippen LogP) is 2.96. The lowest BCUT2D eigenvalue weighted by molar-refractivity contribution is -0.134. The van der Waals surface area contributed by atoms with Gasteiger partial charge in [0.25, 0.3) is 5.91 Å². The molecule has 2 aromatic carbocycles. The maximum Gasteiger partial charge on any atom is 0.405 e. The fourth-order valence-corrected chi connectivity index (χ4v) is 3.10. The molecule has 0 aliphatic heterocycles. The molecule has 38 heavy (non-hydrogen) atoms. The van der Waals surface area contributed by atoms with Gasteiger partial charge in [-0.05, 0) is 54.9 Å². The second-order valence-electron chi connectivity index (χ2n) is 7.89. The van der Waals surface area contributed by atoms with Gasteiger partial charge in [0.05, 0.1) is 5.56 Å². The molecule has 0 unspecified atom stereocenters. The minimum absolute atomic E-state index is 0. The van der Waals surface area contributed by atoms with Crippen LogP contribution < -0.4 is 15.5 Å². The number of thiol groups is 1. The molecule has 14 heteroatoms. The first-order valence-corrected chi connectivity index (χ1v) is 11.6. The van der Waals surface area contributed by atoms with Crippen LogP contribution in [0.3, 0.4) is 0 Å². The Morgan fingerprint density at radius 3 is 1.97 bits per heavy atom. The summed E-state index contributed by atoms with van der Waals surface area (Å²) in [5, 5.41) is 41.7. The average Bonchev–Trinajstić information content (AvgIpc) is 2.79. The summed E-state index contributed by atoms with van der Waals surface area (Å²) in [6, 6.07) is 8.22. The zero-order valence-corrected chi connectivity index (χ0v) is 22.4. The molecule has 10 N–H and O–H groups in total. The van der Waals surface area contributed by atoms with Crippen LogP contribution in [0.1, 0.15) is 44.7 Å². The van der Waals surface area contributed by atoms with E-state index in [0.29, 0.717) is 10.5 Å². The van der Waals surface area contributed by atoms with Crippen molar-refractivity contribution in [2.24, 2.45) is 0 Å². The van der Waals surface area contributed by atoms with E-state index in [2.05, 4.69) is 31.8 Å². The Hall–Kier alpha value is -3.33. The molecule has 0 saturated carbocycles. The summed E-state index contributed by atoms with van der Waals surface area (Å²) >= 11 is 4.14. The summed E-state index contributed by atoms with van der Waals surface area (Å²) < 4.78 is 37.4. The van der Waals surface area contributed by atoms with Crippen molar-refractivity contribution < 1.29 is 39.1 Å². The fraction of sp³-hybridized carbons (Fsp3) is 0.375. The van der Waals surface area contributed by atoms with E-state index in [1.54, 1.807) is 19.2 Å². The van der Waals surface area contributed by atoms with Crippen LogP contribution in [0.2, 0.25) is 0 Å². The van der Waals surface area contributed by atoms with Gasteiger partial charge in [0, 0.05) is 16.6 Å². The maximum absolute atomic E-state index is 12.5. The summed E-state index contributed by atoms with van der Waals surface area (Å²) in [7, 11) is 0. The van der Waals surface area contributed by atoms with Crippen molar-refractivity contribution >= 4 is 35.9 Å². The Morgan fingerprint density at radius 1 is 1.03 bits per heavy atom. The molecular formula is C24H36F3N5O5S. The first kappa shape index (κ1) is 36.8. The number of phenolic OH excluding ortho intramolecular Hbond substituents is 2. The Bertz CT molecular complexity index is 1060. The van der Waals surface area contributed by atoms with Gasteiger partial charge in [-0.2, -0.15) is 13.2 Å². The van der Waals surface area contributed by atoms with Gasteiger partial charge >= 0.3 is 6.18 Å². The Morgan fingerprint density at radius 2 is 1.55 bits per heavy atom. The van der Waals surface area contributed by atoms with E-state index in [4.69, 9.17) is 10.8 Å². The molecule has 0 fully saturated rings. The van der Waals surface area contributed by atoms with E-state index >= 15 is 0 Å². The van der Waals surface area contributed by atoms with Crippen LogP contribution in [0.25, 0.3) is 0 Å². The SMILES string of the molecule is CC(C)c1cc(C(=N)N(C(=N)C(=O)NCC(F)(F)F)c2ccc(S)cc2)c(O)cc1O.CCNCC.O.O. The number of anilines is 1. The summed E-state index contributed by atoms with van der Waals surface area (Å²) in [6.07, 6.45) is -4.68. The number of nitrogens with one attached hydrogen (secondary N) is 4. The van der Waals surface area contributed by atoms with Gasteiger partial charge in [-0.15, -0.1) is 12.6 Å². The number of phenols is 2. The molecule has 10 nitrogen and oxygen atoms in total. The number of hydrogen-bond acceptors (Lipinski definition) is 7. The lowest BCUT2D eigenvalue weighted by Gasteiger charge is -2.26. The van der Waals surface area contributed by atoms with Crippen LogP contribution in [0.15, 0.2) is 41.3 Å². The highest BCUT2D eigenvalue weighted by atomic mass is 32.1. The minimum Gasteiger partial charge on any atom is -0.508 e. The molecule has 214 valence electrons. The molecule has 0 saturated heterocycles. The van der Waals surface area contributed by atoms with Gasteiger partial charge in [-0.1, -0.05) is 27.7 Å². The fourth-order valence-electron chi connectivity index (χ4n) is 2.95. The molecular weight excluding hydrogens is 527 g/mol. The van der Waals surface area contributed by atoms with Gasteiger partial charge in [0.1, 0.15) is 23.9 Å². The number of alkyl halides is 3. The molecule has 2 rings (SSSR count). The third kappa shape index (κ3) is 11.0. The number of hydrogen-bond donors (Lipinski definition) is 7. The molecule has 0 atom stereocenters. The normalized spacial score (nSPS) is 10.3. The van der Waals surface area contributed by atoms with Crippen molar-refractivity contribution in [3.8, 4) is 11.5 Å². The van der Waals surface area contributed by atoms with Gasteiger partial charge in [0.15, 0.2) is 5.84 Å². The monoisotopic (exact) mass is 563 g/mol. The van der Waals surface area contributed by atoms with E-state index in [0.717, 1.165) is 24.1 Å². The number of benzene rings is 2. The third-order valence-electron chi connectivity index (χ3n) is 4.74. The van der Waals surface area contributed by atoms with E-state index in [-0.39, 0.29) is 33.9 Å². The number of amidine groups is 2. The number of carbonyl (C=O) groups excluding carboxylic acids is 1. The van der Waals surface area contributed by atoms with Crippen molar-refractivity contribution in [3.05, 3.63) is 47.5 Å². The van der Waals surface area contributed by atoms with Crippen molar-refractivity contribution in [2.45, 2.75) is 44.7 Å². The quantitative estimate of drug-likeness (QED) is 0.161. The molecule has 0 spiro atoms. The number of amides is 1. The highest BCUT2D eigenvalue weighted by Crippen LogP contribution is 2.33. The molecule has 0 bridgehead atoms. The highest BCUT2D eigenvalue weighted by Gasteiger charge is 2.31. The van der Waals surface area contributed by atoms with E-state index < -0.39 is 36.0 Å². The summed E-state index contributed by atoms with van der Waals surface area (Å²) in [5.74, 6) is -3.74. The van der Waals surface area contributed by atoms with Gasteiger partial charge in [0.2, 0.25) is 0 Å². The van der Waals surface area contributed by atoms with Crippen LogP contribution >= 0.6 is 12.6 Å². The smallest absolute Gasteiger partial charge is 0.405 e. The van der Waals surface area contributed by atoms with Crippen LogP contribution in [-0.2, 0) is 4.79 Å². The minimum atomic E-state index is -4.68. The molecule has 0 heterocycles. The Labute approximate surface area is 224 Å². The lowest BCUT2D eigenvalue weighted by Crippen LogP contribution is -2.48. The number of carbonyl (C=O) groups is 1. The topological polar surface area (TPSA) is 196 Å². The van der Waals surface area contributed by atoms with E-state index in [9.17, 15) is 28.2 Å². The van der Waals surface area contributed by atoms with Crippen LogP contribution in [0, 0.1) is 10.8 Å². The van der Waals surface area contributed by atoms with Crippen molar-refractivity contribution in [2.75, 3.05) is 24.5 Å². The first-order chi connectivity index (χ1) is 16.7. The third-order valence-corrected chi connectivity index (χ3v) is 5.04. The maximum atomic E-state index is 12.5. The zero-order chi connectivity index (χ0) is 27.6. The van der Waals surface area contributed by atoms with E-state index in [1.807, 2.05) is 0 Å². The second kappa shape index (κ2) is 16.5.